The van der Waals surface area contributed by atoms with Gasteiger partial charge >= 0.3 is 0 Å². The zero-order valence-corrected chi connectivity index (χ0v) is 8.13. The fraction of sp³-hybridized carbons (Fsp3) is 0.375. The maximum Gasteiger partial charge on any atom is 0.284 e. The molecule has 0 spiro atoms. The van der Waals surface area contributed by atoms with Gasteiger partial charge in [0.05, 0.1) is 25.5 Å². The number of rotatable bonds is 4. The summed E-state index contributed by atoms with van der Waals surface area (Å²) in [6.07, 6.45) is -0.665. The number of amides is 1. The van der Waals surface area contributed by atoms with Gasteiger partial charge in [-0.05, 0) is 0 Å². The molecule has 0 bridgehead atoms. The molecule has 0 radical (unpaired) electrons. The minimum Gasteiger partial charge on any atom is -0.394 e. The van der Waals surface area contributed by atoms with Crippen molar-refractivity contribution in [3.05, 3.63) is 28.2 Å². The molecule has 0 saturated carbocycles. The highest BCUT2D eigenvalue weighted by atomic mass is 19.1. The molecule has 0 aromatic carbocycles. The fourth-order valence-electron chi connectivity index (χ4n) is 1.08. The molecule has 88 valence electrons. The summed E-state index contributed by atoms with van der Waals surface area (Å²) >= 11 is 0. The predicted molar refractivity (Wildman–Crippen MR) is 50.1 cm³/mol. The van der Waals surface area contributed by atoms with E-state index in [2.05, 4.69) is 4.98 Å². The molecule has 8 heteroatoms. The van der Waals surface area contributed by atoms with Crippen LogP contribution in [0.3, 0.4) is 0 Å². The second kappa shape index (κ2) is 4.81. The van der Waals surface area contributed by atoms with Gasteiger partial charge in [-0.25, -0.2) is 4.98 Å². The summed E-state index contributed by atoms with van der Waals surface area (Å²) in [5.74, 6) is -2.11. The first-order valence-electron chi connectivity index (χ1n) is 4.31. The normalized spacial score (nSPS) is 12.4. The average molecular weight is 231 g/mol. The molecule has 16 heavy (non-hydrogen) atoms. The number of nitrogens with zero attached hydrogens (tertiary/aromatic N) is 2. The Labute approximate surface area is 89.0 Å². The molecular formula is C8H10FN3O4. The van der Waals surface area contributed by atoms with Gasteiger partial charge < -0.3 is 15.9 Å². The summed E-state index contributed by atoms with van der Waals surface area (Å²) in [6, 6.07) is 0. The van der Waals surface area contributed by atoms with Crippen LogP contribution in [0.2, 0.25) is 0 Å². The molecule has 0 aliphatic carbocycles. The van der Waals surface area contributed by atoms with Gasteiger partial charge in [0.1, 0.15) is 0 Å². The Hall–Kier alpha value is -1.80. The van der Waals surface area contributed by atoms with Crippen LogP contribution in [-0.4, -0.2) is 38.4 Å². The van der Waals surface area contributed by atoms with E-state index >= 15 is 0 Å². The Morgan fingerprint density at radius 1 is 1.69 bits per heavy atom. The number of halogens is 1. The van der Waals surface area contributed by atoms with Crippen LogP contribution >= 0.6 is 0 Å². The Bertz CT molecular complexity index is 459. The van der Waals surface area contributed by atoms with E-state index < -0.39 is 42.4 Å². The van der Waals surface area contributed by atoms with E-state index in [0.717, 1.165) is 0 Å². The molecule has 1 atom stereocenters. The van der Waals surface area contributed by atoms with Crippen LogP contribution in [0.15, 0.2) is 11.0 Å². The standard InChI is InChI=1S/C8H10FN3O4/c9-5-1-11-6(7(10)15)8(16)12(5)2-4(14)3-13/h1,4,13-14H,2-3H2,(H2,10,15). The zero-order chi connectivity index (χ0) is 12.3. The van der Waals surface area contributed by atoms with E-state index in [1.165, 1.54) is 0 Å². The zero-order valence-electron chi connectivity index (χ0n) is 8.13. The van der Waals surface area contributed by atoms with Gasteiger partial charge in [0.2, 0.25) is 5.95 Å². The number of hydrogen-bond acceptors (Lipinski definition) is 5. The van der Waals surface area contributed by atoms with Crippen molar-refractivity contribution in [2.24, 2.45) is 5.73 Å². The largest absolute Gasteiger partial charge is 0.394 e. The predicted octanol–water partition coefficient (Wildman–Crippen LogP) is -2.17. The first-order chi connectivity index (χ1) is 7.47. The first-order valence-corrected chi connectivity index (χ1v) is 4.31. The maximum atomic E-state index is 13.1. The van der Waals surface area contributed by atoms with E-state index in [4.69, 9.17) is 15.9 Å². The molecule has 1 aromatic rings. The number of carbonyl (C=O) groups is 1. The van der Waals surface area contributed by atoms with Crippen molar-refractivity contribution in [2.45, 2.75) is 12.6 Å². The topological polar surface area (TPSA) is 118 Å². The summed E-state index contributed by atoms with van der Waals surface area (Å²) in [5, 5.41) is 17.6. The van der Waals surface area contributed by atoms with Gasteiger partial charge in [-0.3, -0.25) is 14.2 Å². The van der Waals surface area contributed by atoms with Crippen molar-refractivity contribution in [3.63, 3.8) is 0 Å². The lowest BCUT2D eigenvalue weighted by molar-refractivity contribution is 0.0769. The minimum atomic E-state index is -1.31. The van der Waals surface area contributed by atoms with Crippen molar-refractivity contribution in [1.82, 2.24) is 9.55 Å². The minimum absolute atomic E-state index is 0.480. The van der Waals surface area contributed by atoms with Crippen LogP contribution in [0.4, 0.5) is 4.39 Å². The van der Waals surface area contributed by atoms with Crippen LogP contribution in [0.25, 0.3) is 0 Å². The Kier molecular flexibility index (Phi) is 3.69. The second-order valence-corrected chi connectivity index (χ2v) is 3.05. The molecule has 1 rings (SSSR count). The summed E-state index contributed by atoms with van der Waals surface area (Å²) in [6.45, 7) is -1.12. The Morgan fingerprint density at radius 3 is 2.81 bits per heavy atom. The molecule has 0 saturated heterocycles. The van der Waals surface area contributed by atoms with Crippen LogP contribution < -0.4 is 11.3 Å². The van der Waals surface area contributed by atoms with E-state index in [1.807, 2.05) is 0 Å². The monoisotopic (exact) mass is 231 g/mol. The fourth-order valence-corrected chi connectivity index (χ4v) is 1.08. The second-order valence-electron chi connectivity index (χ2n) is 3.05. The SMILES string of the molecule is NC(=O)c1ncc(F)n(CC(O)CO)c1=O. The summed E-state index contributed by atoms with van der Waals surface area (Å²) < 4.78 is 13.6. The van der Waals surface area contributed by atoms with Gasteiger partial charge in [-0.15, -0.1) is 0 Å². The van der Waals surface area contributed by atoms with Crippen LogP contribution in [0.5, 0.6) is 0 Å². The smallest absolute Gasteiger partial charge is 0.284 e. The molecule has 7 nitrogen and oxygen atoms in total. The molecule has 4 N–H and O–H groups in total. The van der Waals surface area contributed by atoms with Gasteiger partial charge in [0, 0.05) is 0 Å². The number of nitrogens with two attached hydrogens (primary N) is 1. The summed E-state index contributed by atoms with van der Waals surface area (Å²) in [7, 11) is 0. The lowest BCUT2D eigenvalue weighted by Crippen LogP contribution is -2.36. The van der Waals surface area contributed by atoms with Crippen molar-refractivity contribution in [3.8, 4) is 0 Å². The Balaban J connectivity index is 3.22. The molecule has 0 aliphatic rings. The van der Waals surface area contributed by atoms with Crippen molar-refractivity contribution < 1.29 is 19.4 Å². The summed E-state index contributed by atoms with van der Waals surface area (Å²) in [4.78, 5) is 25.4. The molecule has 1 aromatic heterocycles. The third-order valence-electron chi connectivity index (χ3n) is 1.84. The van der Waals surface area contributed by atoms with Crippen LogP contribution in [0, 0.1) is 5.95 Å². The molecular weight excluding hydrogens is 221 g/mol. The number of aliphatic hydroxyl groups excluding tert-OH is 2. The molecule has 0 fully saturated rings. The van der Waals surface area contributed by atoms with Crippen LogP contribution in [0.1, 0.15) is 10.5 Å². The molecule has 0 aliphatic heterocycles. The lowest BCUT2D eigenvalue weighted by atomic mass is 10.3. The molecule has 1 heterocycles. The van der Waals surface area contributed by atoms with E-state index in [1.54, 1.807) is 0 Å². The highest BCUT2D eigenvalue weighted by molar-refractivity contribution is 5.90. The maximum absolute atomic E-state index is 13.1. The molecule has 1 amide bonds. The first kappa shape index (κ1) is 12.3. The van der Waals surface area contributed by atoms with E-state index in [9.17, 15) is 14.0 Å². The van der Waals surface area contributed by atoms with Crippen molar-refractivity contribution in [2.75, 3.05) is 6.61 Å². The van der Waals surface area contributed by atoms with E-state index in [-0.39, 0.29) is 0 Å². The molecule has 1 unspecified atom stereocenters. The van der Waals surface area contributed by atoms with Gasteiger partial charge in [-0.1, -0.05) is 0 Å². The summed E-state index contributed by atoms with van der Waals surface area (Å²) in [5.41, 5.74) is 3.19. The van der Waals surface area contributed by atoms with E-state index in [0.29, 0.717) is 10.8 Å². The highest BCUT2D eigenvalue weighted by Gasteiger charge is 2.16. The third kappa shape index (κ3) is 2.41. The van der Waals surface area contributed by atoms with Crippen molar-refractivity contribution >= 4 is 5.91 Å². The number of aromatic nitrogens is 2. The third-order valence-corrected chi connectivity index (χ3v) is 1.84. The number of carbonyl (C=O) groups excluding carboxylic acids is 1. The highest BCUT2D eigenvalue weighted by Crippen LogP contribution is 1.96. The van der Waals surface area contributed by atoms with Crippen LogP contribution in [-0.2, 0) is 6.54 Å². The quantitative estimate of drug-likeness (QED) is 0.545. The lowest BCUT2D eigenvalue weighted by Gasteiger charge is -2.11. The number of hydrogen-bond donors (Lipinski definition) is 3. The van der Waals surface area contributed by atoms with Gasteiger partial charge in [0.25, 0.3) is 11.5 Å². The Morgan fingerprint density at radius 2 is 2.31 bits per heavy atom. The van der Waals surface area contributed by atoms with Crippen molar-refractivity contribution in [1.29, 1.82) is 0 Å². The number of primary amides is 1. The number of aliphatic hydroxyl groups is 2. The van der Waals surface area contributed by atoms with Gasteiger partial charge in [-0.2, -0.15) is 4.39 Å². The average Bonchev–Trinajstić information content (AvgIpc) is 2.23. The van der Waals surface area contributed by atoms with Gasteiger partial charge in [0.15, 0.2) is 5.69 Å².